The predicted molar refractivity (Wildman–Crippen MR) is 228 cm³/mol. The van der Waals surface area contributed by atoms with Crippen molar-refractivity contribution in [1.82, 2.24) is 0 Å². The second kappa shape index (κ2) is 11.7. The van der Waals surface area contributed by atoms with Crippen molar-refractivity contribution < 1.29 is 4.42 Å². The van der Waals surface area contributed by atoms with E-state index in [2.05, 4.69) is 202 Å². The normalized spacial score (nSPS) is 14.4. The zero-order valence-corrected chi connectivity index (χ0v) is 31.2. The molecule has 0 amide bonds. The highest BCUT2D eigenvalue weighted by molar-refractivity contribution is 6.06. The average Bonchev–Trinajstić information content (AvgIpc) is 3.82. The summed E-state index contributed by atoms with van der Waals surface area (Å²) in [7, 11) is 0. The van der Waals surface area contributed by atoms with Gasteiger partial charge in [-0.2, -0.15) is 0 Å². The molecule has 1 aromatic heterocycles. The van der Waals surface area contributed by atoms with E-state index in [0.29, 0.717) is 0 Å². The first-order valence-corrected chi connectivity index (χ1v) is 19.3. The minimum absolute atomic E-state index is 0.134. The molecule has 2 aliphatic carbocycles. The van der Waals surface area contributed by atoms with Gasteiger partial charge in [0.05, 0.1) is 5.41 Å². The number of hydrogen-bond acceptors (Lipinski definition) is 2. The molecule has 0 saturated heterocycles. The summed E-state index contributed by atoms with van der Waals surface area (Å²) >= 11 is 0. The second-order valence-corrected chi connectivity index (χ2v) is 15.8. The Morgan fingerprint density at radius 2 is 0.964 bits per heavy atom. The highest BCUT2D eigenvalue weighted by Crippen LogP contribution is 2.57. The van der Waals surface area contributed by atoms with Crippen LogP contribution in [0.15, 0.2) is 186 Å². The minimum Gasteiger partial charge on any atom is -0.456 e. The number of nitrogens with zero attached hydrogens (tertiary/aromatic N) is 1. The van der Waals surface area contributed by atoms with Gasteiger partial charge in [0.25, 0.3) is 0 Å². The van der Waals surface area contributed by atoms with Crippen LogP contribution in [0.5, 0.6) is 0 Å². The lowest BCUT2D eigenvalue weighted by atomic mass is 9.67. The Bertz CT molecular complexity index is 2940. The zero-order valence-electron chi connectivity index (χ0n) is 31.2. The lowest BCUT2D eigenvalue weighted by Gasteiger charge is -2.35. The summed E-state index contributed by atoms with van der Waals surface area (Å²) in [4.78, 5) is 2.42. The van der Waals surface area contributed by atoms with Crippen molar-refractivity contribution in [3.05, 3.63) is 221 Å². The van der Waals surface area contributed by atoms with Gasteiger partial charge in [0.1, 0.15) is 11.2 Å². The lowest BCUT2D eigenvalue weighted by molar-refractivity contribution is 0.660. The Hall–Kier alpha value is -6.64. The number of aryl methyl sites for hydroxylation is 1. The maximum absolute atomic E-state index is 6.50. The van der Waals surface area contributed by atoms with Crippen LogP contribution in [0.25, 0.3) is 44.2 Å². The smallest absolute Gasteiger partial charge is 0.137 e. The van der Waals surface area contributed by atoms with Gasteiger partial charge in [-0.05, 0) is 105 Å². The Labute approximate surface area is 322 Å². The molecule has 0 aliphatic heterocycles. The van der Waals surface area contributed by atoms with Crippen LogP contribution in [-0.2, 0) is 10.8 Å². The number of furan rings is 1. The molecular weight excluding hydrogens is 667 g/mol. The summed E-state index contributed by atoms with van der Waals surface area (Å²) < 4.78 is 6.50. The molecule has 2 heteroatoms. The van der Waals surface area contributed by atoms with Gasteiger partial charge in [-0.3, -0.25) is 0 Å². The maximum atomic E-state index is 6.50. The van der Waals surface area contributed by atoms with Crippen LogP contribution < -0.4 is 4.90 Å². The number of fused-ring (bicyclic) bond motifs is 9. The quantitative estimate of drug-likeness (QED) is 0.177. The molecule has 55 heavy (non-hydrogen) atoms. The molecule has 1 heterocycles. The number of benzene rings is 8. The summed E-state index contributed by atoms with van der Waals surface area (Å²) in [5, 5.41) is 2.25. The molecule has 0 atom stereocenters. The molecule has 2 nitrogen and oxygen atoms in total. The largest absolute Gasteiger partial charge is 0.456 e. The second-order valence-electron chi connectivity index (χ2n) is 15.8. The third kappa shape index (κ3) is 4.49. The van der Waals surface area contributed by atoms with Gasteiger partial charge in [0.2, 0.25) is 0 Å². The summed E-state index contributed by atoms with van der Waals surface area (Å²) in [6.07, 6.45) is 0. The SMILES string of the molecule is Cc1ccc(C2(c3cccc(N(c4ccc5c(c4)C(C)(C)c4ccccc4-5)c4ccc5c(c4)oc4ccccc45)c3)c3ccccc3-c3ccccc32)cc1. The molecule has 0 fully saturated rings. The molecule has 0 spiro atoms. The van der Waals surface area contributed by atoms with E-state index < -0.39 is 5.41 Å². The number of rotatable bonds is 5. The van der Waals surface area contributed by atoms with Gasteiger partial charge < -0.3 is 9.32 Å². The Morgan fingerprint density at radius 3 is 1.71 bits per heavy atom. The van der Waals surface area contributed by atoms with Crippen LogP contribution in [0.3, 0.4) is 0 Å². The van der Waals surface area contributed by atoms with E-state index >= 15 is 0 Å². The van der Waals surface area contributed by atoms with Gasteiger partial charge in [0.15, 0.2) is 0 Å². The molecule has 9 aromatic rings. The van der Waals surface area contributed by atoms with E-state index in [4.69, 9.17) is 4.42 Å². The van der Waals surface area contributed by atoms with Gasteiger partial charge in [-0.1, -0.05) is 153 Å². The van der Waals surface area contributed by atoms with Crippen LogP contribution in [-0.4, -0.2) is 0 Å². The van der Waals surface area contributed by atoms with Crippen molar-refractivity contribution in [1.29, 1.82) is 0 Å². The fraction of sp³-hybridized carbons (Fsp3) is 0.0943. The van der Waals surface area contributed by atoms with Gasteiger partial charge in [-0.25, -0.2) is 0 Å². The van der Waals surface area contributed by atoms with E-state index in [0.717, 1.165) is 39.0 Å². The van der Waals surface area contributed by atoms with Crippen LogP contribution in [0.2, 0.25) is 0 Å². The summed E-state index contributed by atoms with van der Waals surface area (Å²) in [6, 6.07) is 67.3. The summed E-state index contributed by atoms with van der Waals surface area (Å²) in [5.74, 6) is 0. The minimum atomic E-state index is -0.507. The Kier molecular flexibility index (Phi) is 6.76. The van der Waals surface area contributed by atoms with Crippen LogP contribution >= 0.6 is 0 Å². The van der Waals surface area contributed by atoms with Crippen molar-refractivity contribution in [3.63, 3.8) is 0 Å². The molecule has 0 bridgehead atoms. The Morgan fingerprint density at radius 1 is 0.400 bits per heavy atom. The predicted octanol–water partition coefficient (Wildman–Crippen LogP) is 14.0. The fourth-order valence-electron chi connectivity index (χ4n) is 9.84. The van der Waals surface area contributed by atoms with Crippen LogP contribution in [0, 0.1) is 6.92 Å². The number of para-hydroxylation sites is 1. The van der Waals surface area contributed by atoms with Crippen LogP contribution in [0.1, 0.15) is 52.8 Å². The first-order chi connectivity index (χ1) is 26.9. The topological polar surface area (TPSA) is 16.4 Å². The monoisotopic (exact) mass is 705 g/mol. The van der Waals surface area contributed by atoms with Crippen molar-refractivity contribution in [3.8, 4) is 22.3 Å². The lowest BCUT2D eigenvalue weighted by Crippen LogP contribution is -2.29. The van der Waals surface area contributed by atoms with E-state index in [1.165, 1.54) is 61.2 Å². The summed E-state index contributed by atoms with van der Waals surface area (Å²) in [5.41, 5.74) is 18.7. The molecule has 8 aromatic carbocycles. The molecule has 0 saturated carbocycles. The number of anilines is 3. The maximum Gasteiger partial charge on any atom is 0.137 e. The molecule has 0 radical (unpaired) electrons. The fourth-order valence-corrected chi connectivity index (χ4v) is 9.84. The van der Waals surface area contributed by atoms with E-state index in [-0.39, 0.29) is 5.41 Å². The van der Waals surface area contributed by atoms with Crippen molar-refractivity contribution >= 4 is 39.0 Å². The molecule has 11 rings (SSSR count). The molecule has 0 unspecified atom stereocenters. The highest BCUT2D eigenvalue weighted by Gasteiger charge is 2.46. The first-order valence-electron chi connectivity index (χ1n) is 19.3. The van der Waals surface area contributed by atoms with Crippen molar-refractivity contribution in [2.24, 2.45) is 0 Å². The van der Waals surface area contributed by atoms with Gasteiger partial charge >= 0.3 is 0 Å². The average molecular weight is 706 g/mol. The highest BCUT2D eigenvalue weighted by atomic mass is 16.3. The third-order valence-corrected chi connectivity index (χ3v) is 12.4. The van der Waals surface area contributed by atoms with E-state index in [9.17, 15) is 0 Å². The van der Waals surface area contributed by atoms with E-state index in [1.54, 1.807) is 0 Å². The number of hydrogen-bond donors (Lipinski definition) is 0. The van der Waals surface area contributed by atoms with Crippen molar-refractivity contribution in [2.45, 2.75) is 31.6 Å². The zero-order chi connectivity index (χ0) is 36.9. The third-order valence-electron chi connectivity index (χ3n) is 12.4. The van der Waals surface area contributed by atoms with Gasteiger partial charge in [0, 0.05) is 39.3 Å². The van der Waals surface area contributed by atoms with Gasteiger partial charge in [-0.15, -0.1) is 0 Å². The molecular formula is C53H39NO. The molecule has 0 N–H and O–H groups in total. The molecule has 262 valence electrons. The Balaban J connectivity index is 1.17. The summed E-state index contributed by atoms with van der Waals surface area (Å²) in [6.45, 7) is 6.88. The first kappa shape index (κ1) is 31.8. The standard InChI is InChI=1S/C53H39NO/c1-34-23-25-35(26-24-34)53(47-20-9-5-16-41(47)42-17-6-10-21-48(42)53)36-13-12-14-37(31-36)54(39-28-30-45-44-18-7-11-22-50(44)55-51(45)33-39)38-27-29-43-40-15-4-8-19-46(40)52(2,3)49(43)32-38/h4-33H,1-3H3. The van der Waals surface area contributed by atoms with E-state index in [1.807, 2.05) is 6.07 Å². The molecule has 2 aliphatic rings. The van der Waals surface area contributed by atoms with Crippen LogP contribution in [0.4, 0.5) is 17.1 Å². The van der Waals surface area contributed by atoms with Crippen molar-refractivity contribution in [2.75, 3.05) is 4.90 Å².